The molecule has 1 aromatic carbocycles. The van der Waals surface area contributed by atoms with E-state index in [-0.39, 0.29) is 24.1 Å². The van der Waals surface area contributed by atoms with Gasteiger partial charge >= 0.3 is 5.97 Å². The molecule has 0 aliphatic carbocycles. The smallest absolute Gasteiger partial charge is 0.310 e. The van der Waals surface area contributed by atoms with Crippen LogP contribution in [0.5, 0.6) is 5.75 Å². The number of nitrogens with zero attached hydrogens (tertiary/aromatic N) is 1. The highest BCUT2D eigenvalue weighted by molar-refractivity contribution is 5.94. The first kappa shape index (κ1) is 15.5. The van der Waals surface area contributed by atoms with Crippen molar-refractivity contribution >= 4 is 11.9 Å². The fourth-order valence-electron chi connectivity index (χ4n) is 2.40. The van der Waals surface area contributed by atoms with E-state index in [2.05, 4.69) is 0 Å². The summed E-state index contributed by atoms with van der Waals surface area (Å²) < 4.78 is 10.7. The first-order valence-corrected chi connectivity index (χ1v) is 7.25. The molecule has 0 bridgehead atoms. The van der Waals surface area contributed by atoms with E-state index in [4.69, 9.17) is 9.47 Å². The molecule has 1 aromatic rings. The number of ether oxygens (including phenoxy) is 2. The lowest BCUT2D eigenvalue weighted by Crippen LogP contribution is -2.48. The van der Waals surface area contributed by atoms with E-state index in [1.54, 1.807) is 36.1 Å². The third-order valence-electron chi connectivity index (χ3n) is 3.33. The van der Waals surface area contributed by atoms with Crippen molar-refractivity contribution in [3.63, 3.8) is 0 Å². The standard InChI is InChI=1S/C16H21NO4/c1-4-15(18)21-14-7-5-13(6-8-14)16(19)17-9-11(2)20-12(3)10-17/h5-8,11-12H,4,9-10H2,1-3H3. The zero-order valence-electron chi connectivity index (χ0n) is 12.7. The summed E-state index contributed by atoms with van der Waals surface area (Å²) >= 11 is 0. The van der Waals surface area contributed by atoms with E-state index in [9.17, 15) is 9.59 Å². The SMILES string of the molecule is CCC(=O)Oc1ccc(C(=O)N2CC(C)OC(C)C2)cc1. The van der Waals surface area contributed by atoms with Crippen LogP contribution in [0.3, 0.4) is 0 Å². The summed E-state index contributed by atoms with van der Waals surface area (Å²) in [6.07, 6.45) is 0.412. The van der Waals surface area contributed by atoms with Crippen LogP contribution < -0.4 is 4.74 Å². The van der Waals surface area contributed by atoms with Gasteiger partial charge in [-0.3, -0.25) is 9.59 Å². The van der Waals surface area contributed by atoms with Gasteiger partial charge in [0.25, 0.3) is 5.91 Å². The molecule has 5 heteroatoms. The fourth-order valence-corrected chi connectivity index (χ4v) is 2.40. The summed E-state index contributed by atoms with van der Waals surface area (Å²) in [5.41, 5.74) is 0.590. The van der Waals surface area contributed by atoms with E-state index in [0.29, 0.717) is 30.8 Å². The number of carbonyl (C=O) groups excluding carboxylic acids is 2. The van der Waals surface area contributed by atoms with Gasteiger partial charge in [0.05, 0.1) is 12.2 Å². The number of carbonyl (C=O) groups is 2. The summed E-state index contributed by atoms with van der Waals surface area (Å²) in [5.74, 6) is 0.150. The number of rotatable bonds is 3. The zero-order valence-corrected chi connectivity index (χ0v) is 12.7. The number of amides is 1. The monoisotopic (exact) mass is 291 g/mol. The van der Waals surface area contributed by atoms with Crippen molar-refractivity contribution in [3.8, 4) is 5.75 Å². The van der Waals surface area contributed by atoms with Crippen molar-refractivity contribution in [2.45, 2.75) is 39.4 Å². The highest BCUT2D eigenvalue weighted by Crippen LogP contribution is 2.17. The quantitative estimate of drug-likeness (QED) is 0.633. The molecule has 114 valence electrons. The topological polar surface area (TPSA) is 55.8 Å². The van der Waals surface area contributed by atoms with Gasteiger partial charge in [-0.1, -0.05) is 6.92 Å². The maximum atomic E-state index is 12.4. The van der Waals surface area contributed by atoms with E-state index < -0.39 is 0 Å². The van der Waals surface area contributed by atoms with Crippen molar-refractivity contribution in [2.75, 3.05) is 13.1 Å². The van der Waals surface area contributed by atoms with Crippen LogP contribution in [0.4, 0.5) is 0 Å². The minimum Gasteiger partial charge on any atom is -0.427 e. The van der Waals surface area contributed by atoms with Gasteiger partial charge < -0.3 is 14.4 Å². The molecule has 1 heterocycles. The second kappa shape index (κ2) is 6.72. The van der Waals surface area contributed by atoms with Crippen molar-refractivity contribution in [1.82, 2.24) is 4.90 Å². The minimum absolute atomic E-state index is 0.0228. The number of benzene rings is 1. The molecule has 1 fully saturated rings. The van der Waals surface area contributed by atoms with Gasteiger partial charge in [0.2, 0.25) is 0 Å². The molecule has 0 saturated carbocycles. The number of morpholine rings is 1. The predicted octanol–water partition coefficient (Wildman–Crippen LogP) is 2.25. The molecule has 2 rings (SSSR count). The van der Waals surface area contributed by atoms with Crippen LogP contribution in [0.15, 0.2) is 24.3 Å². The van der Waals surface area contributed by atoms with E-state index >= 15 is 0 Å². The van der Waals surface area contributed by atoms with Gasteiger partial charge in [0.15, 0.2) is 0 Å². The van der Waals surface area contributed by atoms with Gasteiger partial charge in [-0.05, 0) is 38.1 Å². The van der Waals surface area contributed by atoms with E-state index in [1.165, 1.54) is 0 Å². The Balaban J connectivity index is 2.04. The van der Waals surface area contributed by atoms with Crippen LogP contribution in [-0.4, -0.2) is 42.1 Å². The molecular weight excluding hydrogens is 270 g/mol. The maximum Gasteiger partial charge on any atom is 0.310 e. The molecule has 0 spiro atoms. The summed E-state index contributed by atoms with van der Waals surface area (Å²) in [6.45, 7) is 6.85. The normalized spacial score (nSPS) is 22.0. The Labute approximate surface area is 124 Å². The largest absolute Gasteiger partial charge is 0.427 e. The lowest BCUT2D eigenvalue weighted by Gasteiger charge is -2.35. The van der Waals surface area contributed by atoms with Gasteiger partial charge in [-0.15, -0.1) is 0 Å². The molecule has 1 amide bonds. The fraction of sp³-hybridized carbons (Fsp3) is 0.500. The third kappa shape index (κ3) is 4.04. The number of esters is 1. The van der Waals surface area contributed by atoms with Crippen LogP contribution in [0.2, 0.25) is 0 Å². The molecule has 2 atom stereocenters. The Morgan fingerprint density at radius 1 is 1.19 bits per heavy atom. The van der Waals surface area contributed by atoms with Gasteiger partial charge in [0, 0.05) is 25.1 Å². The van der Waals surface area contributed by atoms with Crippen LogP contribution in [0.1, 0.15) is 37.6 Å². The number of hydrogen-bond donors (Lipinski definition) is 0. The second-order valence-electron chi connectivity index (χ2n) is 5.32. The van der Waals surface area contributed by atoms with Gasteiger partial charge in [0.1, 0.15) is 5.75 Å². The first-order chi connectivity index (χ1) is 9.99. The highest BCUT2D eigenvalue weighted by Gasteiger charge is 2.26. The summed E-state index contributed by atoms with van der Waals surface area (Å²) in [7, 11) is 0. The Bertz CT molecular complexity index is 502. The minimum atomic E-state index is -0.287. The molecule has 2 unspecified atom stereocenters. The molecule has 0 radical (unpaired) electrons. The molecular formula is C16H21NO4. The molecule has 5 nitrogen and oxygen atoms in total. The van der Waals surface area contributed by atoms with Crippen molar-refractivity contribution in [1.29, 1.82) is 0 Å². The van der Waals surface area contributed by atoms with Crippen LogP contribution in [0, 0.1) is 0 Å². The highest BCUT2D eigenvalue weighted by atomic mass is 16.5. The Morgan fingerprint density at radius 3 is 2.29 bits per heavy atom. The first-order valence-electron chi connectivity index (χ1n) is 7.25. The van der Waals surface area contributed by atoms with Crippen LogP contribution >= 0.6 is 0 Å². The second-order valence-corrected chi connectivity index (χ2v) is 5.32. The van der Waals surface area contributed by atoms with Crippen LogP contribution in [-0.2, 0) is 9.53 Å². The Morgan fingerprint density at radius 2 is 1.76 bits per heavy atom. The Hall–Kier alpha value is -1.88. The lowest BCUT2D eigenvalue weighted by atomic mass is 10.1. The molecule has 0 aromatic heterocycles. The predicted molar refractivity (Wildman–Crippen MR) is 78.3 cm³/mol. The van der Waals surface area contributed by atoms with Crippen molar-refractivity contribution in [3.05, 3.63) is 29.8 Å². The van der Waals surface area contributed by atoms with Crippen molar-refractivity contribution < 1.29 is 19.1 Å². The average Bonchev–Trinajstić information content (AvgIpc) is 2.46. The average molecular weight is 291 g/mol. The third-order valence-corrected chi connectivity index (χ3v) is 3.33. The summed E-state index contributed by atoms with van der Waals surface area (Å²) in [5, 5.41) is 0. The molecule has 1 saturated heterocycles. The summed E-state index contributed by atoms with van der Waals surface area (Å²) in [4.78, 5) is 25.4. The maximum absolute atomic E-state index is 12.4. The lowest BCUT2D eigenvalue weighted by molar-refractivity contribution is -0.134. The zero-order chi connectivity index (χ0) is 15.4. The van der Waals surface area contributed by atoms with Gasteiger partial charge in [-0.2, -0.15) is 0 Å². The van der Waals surface area contributed by atoms with Crippen LogP contribution in [0.25, 0.3) is 0 Å². The number of hydrogen-bond acceptors (Lipinski definition) is 4. The molecule has 0 N–H and O–H groups in total. The summed E-state index contributed by atoms with van der Waals surface area (Å²) in [6, 6.07) is 6.67. The van der Waals surface area contributed by atoms with Gasteiger partial charge in [-0.25, -0.2) is 0 Å². The van der Waals surface area contributed by atoms with E-state index in [0.717, 1.165) is 0 Å². The molecule has 1 aliphatic rings. The molecule has 1 aliphatic heterocycles. The van der Waals surface area contributed by atoms with E-state index in [1.807, 2.05) is 13.8 Å². The molecule has 21 heavy (non-hydrogen) atoms. The van der Waals surface area contributed by atoms with Crippen molar-refractivity contribution in [2.24, 2.45) is 0 Å². The Kier molecular flexibility index (Phi) is 4.96.